The van der Waals surface area contributed by atoms with Crippen LogP contribution < -0.4 is 15.5 Å². The van der Waals surface area contributed by atoms with Gasteiger partial charge in [-0.2, -0.15) is 0 Å². The largest absolute Gasteiger partial charge is 0.459 e. The Hall–Kier alpha value is -4.24. The highest BCUT2D eigenvalue weighted by atomic mass is 16.5. The Labute approximate surface area is 214 Å². The van der Waals surface area contributed by atoms with Gasteiger partial charge in [-0.05, 0) is 61.7 Å². The number of ketones is 1. The zero-order chi connectivity index (χ0) is 26.2. The third-order valence-electron chi connectivity index (χ3n) is 6.12. The van der Waals surface area contributed by atoms with Gasteiger partial charge in [-0.25, -0.2) is 0 Å². The molecule has 0 unspecified atom stereocenters. The fraction of sp³-hybridized carbons (Fsp3) is 0.286. The molecule has 9 heteroatoms. The van der Waals surface area contributed by atoms with Crippen molar-refractivity contribution in [3.8, 4) is 0 Å². The van der Waals surface area contributed by atoms with Crippen molar-refractivity contribution >= 4 is 29.2 Å². The summed E-state index contributed by atoms with van der Waals surface area (Å²) in [4.78, 5) is 52.8. The minimum Gasteiger partial charge on any atom is -0.459 e. The number of ether oxygens (including phenoxy) is 1. The summed E-state index contributed by atoms with van der Waals surface area (Å²) in [6.45, 7) is 2.05. The van der Waals surface area contributed by atoms with Crippen molar-refractivity contribution < 1.29 is 28.3 Å². The summed E-state index contributed by atoms with van der Waals surface area (Å²) in [7, 11) is 0. The van der Waals surface area contributed by atoms with Crippen LogP contribution in [0.2, 0.25) is 0 Å². The van der Waals surface area contributed by atoms with E-state index < -0.39 is 17.9 Å². The van der Waals surface area contributed by atoms with E-state index in [0.29, 0.717) is 30.0 Å². The quantitative estimate of drug-likeness (QED) is 0.410. The molecule has 37 heavy (non-hydrogen) atoms. The van der Waals surface area contributed by atoms with Crippen molar-refractivity contribution in [3.05, 3.63) is 89.9 Å². The second-order valence-corrected chi connectivity index (χ2v) is 8.72. The molecule has 1 aromatic heterocycles. The van der Waals surface area contributed by atoms with E-state index in [4.69, 9.17) is 9.15 Å². The summed E-state index contributed by atoms with van der Waals surface area (Å²) in [6.07, 6.45) is 3.07. The van der Waals surface area contributed by atoms with Crippen LogP contribution in [0.5, 0.6) is 0 Å². The smallest absolute Gasteiger partial charge is 0.287 e. The lowest BCUT2D eigenvalue weighted by molar-refractivity contribution is -0.126. The van der Waals surface area contributed by atoms with Crippen molar-refractivity contribution in [2.24, 2.45) is 0 Å². The van der Waals surface area contributed by atoms with Crippen molar-refractivity contribution in [2.45, 2.75) is 31.9 Å². The summed E-state index contributed by atoms with van der Waals surface area (Å²) in [5, 5.41) is 5.49. The fourth-order valence-electron chi connectivity index (χ4n) is 4.20. The predicted molar refractivity (Wildman–Crippen MR) is 136 cm³/mol. The average Bonchev–Trinajstić information content (AvgIpc) is 3.64. The molecule has 2 atom stereocenters. The molecule has 0 aliphatic carbocycles. The van der Waals surface area contributed by atoms with Crippen LogP contribution in [0.1, 0.15) is 52.3 Å². The lowest BCUT2D eigenvalue weighted by Crippen LogP contribution is -2.48. The Morgan fingerprint density at radius 3 is 2.35 bits per heavy atom. The normalized spacial score (nSPS) is 15.5. The van der Waals surface area contributed by atoms with E-state index in [1.165, 1.54) is 24.2 Å². The Morgan fingerprint density at radius 1 is 0.973 bits per heavy atom. The van der Waals surface area contributed by atoms with E-state index in [9.17, 15) is 19.2 Å². The fourth-order valence-corrected chi connectivity index (χ4v) is 4.20. The van der Waals surface area contributed by atoms with Gasteiger partial charge >= 0.3 is 0 Å². The second-order valence-electron chi connectivity index (χ2n) is 8.72. The first-order chi connectivity index (χ1) is 17.9. The van der Waals surface area contributed by atoms with E-state index in [0.717, 1.165) is 12.8 Å². The van der Waals surface area contributed by atoms with Crippen molar-refractivity contribution in [1.29, 1.82) is 0 Å². The molecule has 3 amide bonds. The number of nitrogens with zero attached hydrogens (tertiary/aromatic N) is 1. The van der Waals surface area contributed by atoms with Crippen LogP contribution in [-0.4, -0.2) is 49.3 Å². The van der Waals surface area contributed by atoms with Crippen LogP contribution >= 0.6 is 0 Å². The van der Waals surface area contributed by atoms with Crippen LogP contribution in [0.15, 0.2) is 77.4 Å². The van der Waals surface area contributed by atoms with Gasteiger partial charge in [0.05, 0.1) is 18.9 Å². The van der Waals surface area contributed by atoms with Gasteiger partial charge in [0.1, 0.15) is 6.04 Å². The summed E-state index contributed by atoms with van der Waals surface area (Å²) in [5.74, 6) is -1.51. The van der Waals surface area contributed by atoms with Gasteiger partial charge in [-0.3, -0.25) is 24.1 Å². The highest BCUT2D eigenvalue weighted by molar-refractivity contribution is 6.04. The molecule has 1 fully saturated rings. The highest BCUT2D eigenvalue weighted by Gasteiger charge is 2.33. The van der Waals surface area contributed by atoms with Crippen LogP contribution in [-0.2, 0) is 14.3 Å². The molecular weight excluding hydrogens is 474 g/mol. The summed E-state index contributed by atoms with van der Waals surface area (Å²) < 4.78 is 10.7. The Kier molecular flexibility index (Phi) is 8.48. The number of hydrogen-bond acceptors (Lipinski definition) is 6. The van der Waals surface area contributed by atoms with Crippen molar-refractivity contribution in [3.63, 3.8) is 0 Å². The summed E-state index contributed by atoms with van der Waals surface area (Å²) in [6, 6.07) is 17.4. The summed E-state index contributed by atoms with van der Waals surface area (Å²) >= 11 is 0. The van der Waals surface area contributed by atoms with E-state index in [-0.39, 0.29) is 30.1 Å². The second kappa shape index (κ2) is 12.1. The maximum absolute atomic E-state index is 13.6. The zero-order valence-electron chi connectivity index (χ0n) is 20.5. The average molecular weight is 504 g/mol. The first-order valence-corrected chi connectivity index (χ1v) is 12.1. The van der Waals surface area contributed by atoms with Gasteiger partial charge < -0.3 is 19.8 Å². The minimum absolute atomic E-state index is 0.0686. The minimum atomic E-state index is -1.03. The molecule has 192 valence electrons. The highest BCUT2D eigenvalue weighted by Crippen LogP contribution is 2.29. The number of benzene rings is 2. The zero-order valence-corrected chi connectivity index (χ0v) is 20.5. The van der Waals surface area contributed by atoms with Crippen molar-refractivity contribution in [2.75, 3.05) is 24.6 Å². The van der Waals surface area contributed by atoms with Gasteiger partial charge in [0.25, 0.3) is 5.91 Å². The van der Waals surface area contributed by atoms with E-state index >= 15 is 0 Å². The third kappa shape index (κ3) is 6.50. The number of anilines is 1. The summed E-state index contributed by atoms with van der Waals surface area (Å²) in [5.41, 5.74) is 1.47. The number of nitrogens with one attached hydrogen (secondary N) is 2. The predicted octanol–water partition coefficient (Wildman–Crippen LogP) is 3.28. The monoisotopic (exact) mass is 503 g/mol. The molecule has 0 spiro atoms. The molecule has 2 aromatic carbocycles. The number of carbonyl (C=O) groups is 4. The molecule has 1 saturated heterocycles. The lowest BCUT2D eigenvalue weighted by atomic mass is 10.0. The molecule has 2 heterocycles. The number of carbonyl (C=O) groups excluding carboxylic acids is 4. The Morgan fingerprint density at radius 2 is 1.73 bits per heavy atom. The van der Waals surface area contributed by atoms with Gasteiger partial charge in [-0.1, -0.05) is 30.3 Å². The SMILES string of the molecule is CC(=O)c1ccc(N(C(=O)CNC(=O)c2ccco2)[C@@H](C(=O)NC[C@@H]2CCCO2)c2ccccc2)cc1. The van der Waals surface area contributed by atoms with Crippen LogP contribution in [0, 0.1) is 0 Å². The van der Waals surface area contributed by atoms with E-state index in [2.05, 4.69) is 10.6 Å². The number of furan rings is 1. The Bertz CT molecular complexity index is 1220. The van der Waals surface area contributed by atoms with Gasteiger partial charge in [-0.15, -0.1) is 0 Å². The van der Waals surface area contributed by atoms with Crippen LogP contribution in [0.3, 0.4) is 0 Å². The molecule has 3 aromatic rings. The van der Waals surface area contributed by atoms with Gasteiger partial charge in [0.15, 0.2) is 11.5 Å². The third-order valence-corrected chi connectivity index (χ3v) is 6.12. The molecule has 1 aliphatic rings. The molecular formula is C28H29N3O6. The first-order valence-electron chi connectivity index (χ1n) is 12.1. The standard InChI is InChI=1S/C28H29N3O6/c1-19(32)20-11-13-22(14-12-20)31(25(33)18-30-27(34)24-10-6-16-37-24)26(21-7-3-2-4-8-21)28(35)29-17-23-9-5-15-36-23/h2-4,6-8,10-14,16,23,26H,5,9,15,17-18H2,1H3,(H,29,35)(H,30,34)/t23-,26+/m0/s1. The van der Waals surface area contributed by atoms with Crippen molar-refractivity contribution in [1.82, 2.24) is 10.6 Å². The molecule has 2 N–H and O–H groups in total. The van der Waals surface area contributed by atoms with Crippen LogP contribution in [0.25, 0.3) is 0 Å². The Balaban J connectivity index is 1.65. The van der Waals surface area contributed by atoms with Crippen LogP contribution in [0.4, 0.5) is 5.69 Å². The van der Waals surface area contributed by atoms with Gasteiger partial charge in [0, 0.05) is 24.4 Å². The number of Topliss-reactive ketones (excluding diaryl/α,β-unsaturated/α-hetero) is 1. The molecule has 1 aliphatic heterocycles. The maximum Gasteiger partial charge on any atom is 0.287 e. The maximum atomic E-state index is 13.6. The first kappa shape index (κ1) is 25.8. The number of hydrogen-bond donors (Lipinski definition) is 2. The lowest BCUT2D eigenvalue weighted by Gasteiger charge is -2.32. The topological polar surface area (TPSA) is 118 Å². The molecule has 0 bridgehead atoms. The molecule has 0 radical (unpaired) electrons. The number of amides is 3. The van der Waals surface area contributed by atoms with E-state index in [1.807, 2.05) is 6.07 Å². The molecule has 0 saturated carbocycles. The molecule has 9 nitrogen and oxygen atoms in total. The van der Waals surface area contributed by atoms with Gasteiger partial charge in [0.2, 0.25) is 11.8 Å². The molecule has 4 rings (SSSR count). The van der Waals surface area contributed by atoms with E-state index in [1.54, 1.807) is 54.6 Å². The number of rotatable bonds is 10.